The number of nitrogens with one attached hydrogen (secondary N) is 3. The highest BCUT2D eigenvalue weighted by molar-refractivity contribution is 6.03. The lowest BCUT2D eigenvalue weighted by molar-refractivity contribution is 0.0947. The minimum Gasteiger partial charge on any atom is -0.456 e. The molecule has 0 fully saturated rings. The average molecular weight is 482 g/mol. The topological polar surface area (TPSA) is 62.4 Å². The fourth-order valence-electron chi connectivity index (χ4n) is 5.46. The van der Waals surface area contributed by atoms with Gasteiger partial charge in [0.1, 0.15) is 17.0 Å². The van der Waals surface area contributed by atoms with E-state index in [4.69, 9.17) is 4.74 Å². The summed E-state index contributed by atoms with van der Waals surface area (Å²) in [7, 11) is 0. The molecule has 2 aliphatic rings. The third-order valence-corrected chi connectivity index (χ3v) is 7.03. The third-order valence-electron chi connectivity index (χ3n) is 7.03. The lowest BCUT2D eigenvalue weighted by Crippen LogP contribution is -2.44. The predicted octanol–water partition coefficient (Wildman–Crippen LogP) is 7.31. The Morgan fingerprint density at radius 3 is 1.97 bits per heavy atom. The van der Waals surface area contributed by atoms with Crippen molar-refractivity contribution in [2.75, 3.05) is 10.6 Å². The van der Waals surface area contributed by atoms with Crippen molar-refractivity contribution in [1.82, 2.24) is 5.32 Å². The molecule has 0 saturated carbocycles. The number of benzene rings is 5. The minimum atomic E-state index is -0.927. The molecular formula is C32H23N3O2. The first-order valence-electron chi connectivity index (χ1n) is 12.2. The van der Waals surface area contributed by atoms with Crippen LogP contribution < -0.4 is 20.7 Å². The van der Waals surface area contributed by atoms with Crippen LogP contribution in [0, 0.1) is 0 Å². The van der Waals surface area contributed by atoms with Crippen LogP contribution in [-0.2, 0) is 5.54 Å². The van der Waals surface area contributed by atoms with Crippen molar-refractivity contribution in [1.29, 1.82) is 0 Å². The Morgan fingerprint density at radius 1 is 0.595 bits per heavy atom. The molecule has 5 aromatic rings. The van der Waals surface area contributed by atoms with Gasteiger partial charge in [0, 0.05) is 22.5 Å². The number of ether oxygens (including phenoxy) is 1. The Kier molecular flexibility index (Phi) is 4.76. The van der Waals surface area contributed by atoms with Crippen LogP contribution in [0.5, 0.6) is 11.5 Å². The number of para-hydroxylation sites is 3. The molecular weight excluding hydrogens is 458 g/mol. The second-order valence-electron chi connectivity index (χ2n) is 9.19. The largest absolute Gasteiger partial charge is 0.456 e. The quantitative estimate of drug-likeness (QED) is 0.252. The van der Waals surface area contributed by atoms with E-state index in [1.807, 2.05) is 121 Å². The van der Waals surface area contributed by atoms with Crippen LogP contribution in [-0.4, -0.2) is 5.91 Å². The fourth-order valence-corrected chi connectivity index (χ4v) is 5.46. The van der Waals surface area contributed by atoms with Crippen LogP contribution >= 0.6 is 0 Å². The summed E-state index contributed by atoms with van der Waals surface area (Å²) in [4.78, 5) is 13.4. The molecule has 1 spiro atoms. The Hall–Kier alpha value is -5.03. The summed E-state index contributed by atoms with van der Waals surface area (Å²) < 4.78 is 6.48. The van der Waals surface area contributed by atoms with Gasteiger partial charge in [0.2, 0.25) is 0 Å². The Morgan fingerprint density at radius 2 is 1.22 bits per heavy atom. The molecule has 0 aromatic heterocycles. The van der Waals surface area contributed by atoms with E-state index in [1.165, 1.54) is 0 Å². The van der Waals surface area contributed by atoms with Gasteiger partial charge in [-0.25, -0.2) is 0 Å². The van der Waals surface area contributed by atoms with Crippen LogP contribution in [0.25, 0.3) is 0 Å². The number of rotatable bonds is 4. The Labute approximate surface area is 214 Å². The van der Waals surface area contributed by atoms with Crippen LogP contribution in [0.4, 0.5) is 22.7 Å². The van der Waals surface area contributed by atoms with Crippen molar-refractivity contribution in [3.05, 3.63) is 144 Å². The molecule has 5 aromatic carbocycles. The second-order valence-corrected chi connectivity index (χ2v) is 9.19. The highest BCUT2D eigenvalue weighted by Crippen LogP contribution is 2.57. The third kappa shape index (κ3) is 3.28. The van der Waals surface area contributed by atoms with Gasteiger partial charge in [-0.2, -0.15) is 0 Å². The molecule has 3 N–H and O–H groups in total. The summed E-state index contributed by atoms with van der Waals surface area (Å²) in [5.74, 6) is 1.31. The summed E-state index contributed by atoms with van der Waals surface area (Å²) in [6.45, 7) is 0. The molecule has 1 amide bonds. The number of anilines is 4. The number of amides is 1. The van der Waals surface area contributed by atoms with Gasteiger partial charge in [0.05, 0.1) is 16.9 Å². The maximum Gasteiger partial charge on any atom is 0.252 e. The standard InChI is InChI=1S/C32H23N3O2/c36-31-23-15-7-8-16-24(23)32(35-31)25-17-9-10-18-27(25)37-28-20-19-26(33-21-11-3-1-4-12-21)30(29(28)32)34-22-13-5-2-6-14-22/h1-20,33-34H,(H,35,36). The summed E-state index contributed by atoms with van der Waals surface area (Å²) in [6.07, 6.45) is 0. The lowest BCUT2D eigenvalue weighted by atomic mass is 9.74. The van der Waals surface area contributed by atoms with Gasteiger partial charge in [0.25, 0.3) is 5.91 Å². The molecule has 0 radical (unpaired) electrons. The average Bonchev–Trinajstić information content (AvgIpc) is 3.24. The minimum absolute atomic E-state index is 0.106. The number of carbonyl (C=O) groups excluding carboxylic acids is 1. The van der Waals surface area contributed by atoms with Crippen LogP contribution in [0.2, 0.25) is 0 Å². The van der Waals surface area contributed by atoms with E-state index in [0.29, 0.717) is 11.3 Å². The summed E-state index contributed by atoms with van der Waals surface area (Å²) in [5, 5.41) is 10.6. The van der Waals surface area contributed by atoms with Crippen molar-refractivity contribution in [3.63, 3.8) is 0 Å². The highest BCUT2D eigenvalue weighted by atomic mass is 16.5. The number of hydrogen-bond acceptors (Lipinski definition) is 4. The molecule has 2 heterocycles. The van der Waals surface area contributed by atoms with Crippen molar-refractivity contribution in [3.8, 4) is 11.5 Å². The molecule has 37 heavy (non-hydrogen) atoms. The van der Waals surface area contributed by atoms with Crippen molar-refractivity contribution >= 4 is 28.7 Å². The highest BCUT2D eigenvalue weighted by Gasteiger charge is 2.52. The zero-order chi connectivity index (χ0) is 24.8. The zero-order valence-corrected chi connectivity index (χ0v) is 19.9. The van der Waals surface area contributed by atoms with Gasteiger partial charge in [-0.1, -0.05) is 72.8 Å². The molecule has 178 valence electrons. The van der Waals surface area contributed by atoms with Crippen molar-refractivity contribution < 1.29 is 9.53 Å². The van der Waals surface area contributed by atoms with E-state index in [-0.39, 0.29) is 5.91 Å². The van der Waals surface area contributed by atoms with Gasteiger partial charge in [-0.05, 0) is 54.1 Å². The van der Waals surface area contributed by atoms with Crippen molar-refractivity contribution in [2.24, 2.45) is 0 Å². The van der Waals surface area contributed by atoms with Gasteiger partial charge < -0.3 is 20.7 Å². The first kappa shape index (κ1) is 21.3. The monoisotopic (exact) mass is 481 g/mol. The maximum absolute atomic E-state index is 13.4. The molecule has 1 unspecified atom stereocenters. The second kappa shape index (κ2) is 8.28. The van der Waals surface area contributed by atoms with Gasteiger partial charge in [-0.3, -0.25) is 4.79 Å². The van der Waals surface area contributed by atoms with E-state index in [9.17, 15) is 4.79 Å². The van der Waals surface area contributed by atoms with Crippen LogP contribution in [0.1, 0.15) is 27.0 Å². The molecule has 2 aliphatic heterocycles. The lowest BCUT2D eigenvalue weighted by Gasteiger charge is -2.40. The van der Waals surface area contributed by atoms with Gasteiger partial charge in [-0.15, -0.1) is 0 Å². The van der Waals surface area contributed by atoms with E-state index in [2.05, 4.69) is 16.0 Å². The smallest absolute Gasteiger partial charge is 0.252 e. The fraction of sp³-hybridized carbons (Fsp3) is 0.0312. The van der Waals surface area contributed by atoms with E-state index in [0.717, 1.165) is 45.2 Å². The molecule has 5 heteroatoms. The zero-order valence-electron chi connectivity index (χ0n) is 19.9. The summed E-state index contributed by atoms with van der Waals surface area (Å²) >= 11 is 0. The molecule has 0 bridgehead atoms. The molecule has 7 rings (SSSR count). The van der Waals surface area contributed by atoms with E-state index in [1.54, 1.807) is 0 Å². The normalized spacial score (nSPS) is 16.7. The first-order valence-corrected chi connectivity index (χ1v) is 12.2. The molecule has 0 aliphatic carbocycles. The Balaban J connectivity index is 1.54. The molecule has 1 atom stereocenters. The molecule has 5 nitrogen and oxygen atoms in total. The maximum atomic E-state index is 13.4. The number of hydrogen-bond donors (Lipinski definition) is 3. The Bertz CT molecular complexity index is 1650. The van der Waals surface area contributed by atoms with Crippen molar-refractivity contribution in [2.45, 2.75) is 5.54 Å². The summed E-state index contributed by atoms with van der Waals surface area (Å²) in [5.41, 5.74) is 5.99. The number of fused-ring (bicyclic) bond motifs is 6. The molecule has 0 saturated heterocycles. The van der Waals surface area contributed by atoms with Crippen LogP contribution in [0.3, 0.4) is 0 Å². The first-order chi connectivity index (χ1) is 18.2. The van der Waals surface area contributed by atoms with Gasteiger partial charge >= 0.3 is 0 Å². The SMILES string of the molecule is O=C1NC2(c3ccccc3Oc3ccc(Nc4ccccc4)c(Nc4ccccc4)c32)c2ccccc21. The van der Waals surface area contributed by atoms with Crippen LogP contribution in [0.15, 0.2) is 121 Å². The van der Waals surface area contributed by atoms with Gasteiger partial charge in [0.15, 0.2) is 0 Å². The van der Waals surface area contributed by atoms with E-state index < -0.39 is 5.54 Å². The predicted molar refractivity (Wildman–Crippen MR) is 146 cm³/mol. The summed E-state index contributed by atoms with van der Waals surface area (Å²) in [6, 6.07) is 39.8. The van der Waals surface area contributed by atoms with E-state index >= 15 is 0 Å². The number of carbonyl (C=O) groups is 1.